The van der Waals surface area contributed by atoms with Crippen LogP contribution in [0.4, 0.5) is 5.69 Å². The highest BCUT2D eigenvalue weighted by molar-refractivity contribution is 5.97. The molecule has 0 heterocycles. The van der Waals surface area contributed by atoms with E-state index in [0.717, 1.165) is 16.3 Å². The van der Waals surface area contributed by atoms with Crippen LogP contribution in [0, 0.1) is 0 Å². The standard InChI is InChI=1S/C17H15NO2/c19-14-7-8-15-13(10-14)6-9-16(20)17(15)18-11-12-4-2-1-3-5-12/h1-10,18-20H,11H2. The highest BCUT2D eigenvalue weighted by Crippen LogP contribution is 2.34. The van der Waals surface area contributed by atoms with E-state index in [2.05, 4.69) is 5.32 Å². The van der Waals surface area contributed by atoms with E-state index >= 15 is 0 Å². The van der Waals surface area contributed by atoms with Crippen molar-refractivity contribution in [1.82, 2.24) is 0 Å². The van der Waals surface area contributed by atoms with Crippen LogP contribution in [0.3, 0.4) is 0 Å². The Morgan fingerprint density at radius 2 is 1.65 bits per heavy atom. The fourth-order valence-corrected chi connectivity index (χ4v) is 2.28. The van der Waals surface area contributed by atoms with Gasteiger partial charge < -0.3 is 15.5 Å². The van der Waals surface area contributed by atoms with Crippen molar-refractivity contribution in [2.24, 2.45) is 0 Å². The van der Waals surface area contributed by atoms with Crippen molar-refractivity contribution in [3.05, 3.63) is 66.2 Å². The Morgan fingerprint density at radius 1 is 0.850 bits per heavy atom. The van der Waals surface area contributed by atoms with Crippen molar-refractivity contribution in [2.45, 2.75) is 6.54 Å². The third-order valence-electron chi connectivity index (χ3n) is 3.29. The summed E-state index contributed by atoms with van der Waals surface area (Å²) in [7, 11) is 0. The van der Waals surface area contributed by atoms with E-state index in [0.29, 0.717) is 12.2 Å². The lowest BCUT2D eigenvalue weighted by molar-refractivity contribution is 0.475. The Bertz CT molecular complexity index is 739. The number of hydrogen-bond acceptors (Lipinski definition) is 3. The van der Waals surface area contributed by atoms with Gasteiger partial charge in [0.25, 0.3) is 0 Å². The molecule has 0 aliphatic rings. The van der Waals surface area contributed by atoms with Crippen LogP contribution in [0.5, 0.6) is 11.5 Å². The zero-order valence-corrected chi connectivity index (χ0v) is 10.9. The molecule has 3 aromatic rings. The van der Waals surface area contributed by atoms with Crippen molar-refractivity contribution >= 4 is 16.5 Å². The molecule has 3 nitrogen and oxygen atoms in total. The number of benzene rings is 3. The summed E-state index contributed by atoms with van der Waals surface area (Å²) in [5, 5.41) is 24.6. The smallest absolute Gasteiger partial charge is 0.139 e. The van der Waals surface area contributed by atoms with Crippen LogP contribution in [-0.2, 0) is 6.54 Å². The Kier molecular flexibility index (Phi) is 3.17. The van der Waals surface area contributed by atoms with Gasteiger partial charge in [0.2, 0.25) is 0 Å². The second kappa shape index (κ2) is 5.13. The summed E-state index contributed by atoms with van der Waals surface area (Å²) < 4.78 is 0. The molecule has 0 aliphatic heterocycles. The Labute approximate surface area is 117 Å². The number of nitrogens with one attached hydrogen (secondary N) is 1. The fraction of sp³-hybridized carbons (Fsp3) is 0.0588. The first-order valence-corrected chi connectivity index (χ1v) is 6.46. The van der Waals surface area contributed by atoms with Gasteiger partial charge in [-0.2, -0.15) is 0 Å². The normalized spacial score (nSPS) is 10.6. The number of phenols is 2. The molecule has 0 saturated heterocycles. The van der Waals surface area contributed by atoms with Crippen molar-refractivity contribution in [1.29, 1.82) is 0 Å². The topological polar surface area (TPSA) is 52.5 Å². The summed E-state index contributed by atoms with van der Waals surface area (Å²) in [6.07, 6.45) is 0. The molecular weight excluding hydrogens is 250 g/mol. The first kappa shape index (κ1) is 12.4. The van der Waals surface area contributed by atoms with Gasteiger partial charge in [-0.1, -0.05) is 36.4 Å². The number of aromatic hydroxyl groups is 2. The molecule has 0 aromatic heterocycles. The summed E-state index contributed by atoms with van der Waals surface area (Å²) in [5.74, 6) is 0.427. The second-order valence-electron chi connectivity index (χ2n) is 4.70. The molecule has 0 bridgehead atoms. The van der Waals surface area contributed by atoms with E-state index in [1.807, 2.05) is 30.3 Å². The summed E-state index contributed by atoms with van der Waals surface area (Å²) >= 11 is 0. The van der Waals surface area contributed by atoms with Crippen molar-refractivity contribution in [3.8, 4) is 11.5 Å². The summed E-state index contributed by atoms with van der Waals surface area (Å²) in [6.45, 7) is 0.633. The average Bonchev–Trinajstić information content (AvgIpc) is 2.47. The van der Waals surface area contributed by atoms with Gasteiger partial charge in [-0.3, -0.25) is 0 Å². The molecule has 0 saturated carbocycles. The largest absolute Gasteiger partial charge is 0.508 e. The third-order valence-corrected chi connectivity index (χ3v) is 3.29. The zero-order chi connectivity index (χ0) is 13.9. The number of phenolic OH excluding ortho intramolecular Hbond substituents is 2. The van der Waals surface area contributed by atoms with Gasteiger partial charge in [0.1, 0.15) is 11.5 Å². The molecule has 3 N–H and O–H groups in total. The van der Waals surface area contributed by atoms with Crippen LogP contribution >= 0.6 is 0 Å². The molecule has 0 fully saturated rings. The van der Waals surface area contributed by atoms with Gasteiger partial charge in [0, 0.05) is 11.9 Å². The Hall–Kier alpha value is -2.68. The Balaban J connectivity index is 1.96. The number of hydrogen-bond donors (Lipinski definition) is 3. The molecule has 3 aromatic carbocycles. The lowest BCUT2D eigenvalue weighted by Crippen LogP contribution is -2.00. The molecule has 0 aliphatic carbocycles. The highest BCUT2D eigenvalue weighted by atomic mass is 16.3. The number of anilines is 1. The predicted octanol–water partition coefficient (Wildman–Crippen LogP) is 3.86. The lowest BCUT2D eigenvalue weighted by atomic mass is 10.1. The molecule has 0 unspecified atom stereocenters. The van der Waals surface area contributed by atoms with Gasteiger partial charge in [-0.25, -0.2) is 0 Å². The van der Waals surface area contributed by atoms with E-state index in [4.69, 9.17) is 0 Å². The second-order valence-corrected chi connectivity index (χ2v) is 4.70. The quantitative estimate of drug-likeness (QED) is 0.630. The molecule has 20 heavy (non-hydrogen) atoms. The molecule has 100 valence electrons. The minimum absolute atomic E-state index is 0.208. The van der Waals surface area contributed by atoms with Crippen LogP contribution in [0.15, 0.2) is 60.7 Å². The van der Waals surface area contributed by atoms with E-state index in [-0.39, 0.29) is 11.5 Å². The molecule has 3 rings (SSSR count). The fourth-order valence-electron chi connectivity index (χ4n) is 2.28. The third kappa shape index (κ3) is 2.38. The number of fused-ring (bicyclic) bond motifs is 1. The highest BCUT2D eigenvalue weighted by Gasteiger charge is 2.07. The predicted molar refractivity (Wildman–Crippen MR) is 81.0 cm³/mol. The van der Waals surface area contributed by atoms with Gasteiger partial charge in [0.15, 0.2) is 0 Å². The first-order chi connectivity index (χ1) is 9.74. The van der Waals surface area contributed by atoms with Crippen LogP contribution in [-0.4, -0.2) is 10.2 Å². The van der Waals surface area contributed by atoms with E-state index < -0.39 is 0 Å². The lowest BCUT2D eigenvalue weighted by Gasteiger charge is -2.12. The van der Waals surface area contributed by atoms with Gasteiger partial charge in [-0.15, -0.1) is 0 Å². The van der Waals surface area contributed by atoms with Crippen molar-refractivity contribution < 1.29 is 10.2 Å². The van der Waals surface area contributed by atoms with Gasteiger partial charge in [-0.05, 0) is 35.2 Å². The maximum Gasteiger partial charge on any atom is 0.139 e. The van der Waals surface area contributed by atoms with Crippen LogP contribution in [0.25, 0.3) is 10.8 Å². The van der Waals surface area contributed by atoms with E-state index in [1.54, 1.807) is 30.3 Å². The molecule has 0 amide bonds. The van der Waals surface area contributed by atoms with Crippen molar-refractivity contribution in [3.63, 3.8) is 0 Å². The molecule has 0 radical (unpaired) electrons. The van der Waals surface area contributed by atoms with E-state index in [1.165, 1.54) is 0 Å². The first-order valence-electron chi connectivity index (χ1n) is 6.46. The van der Waals surface area contributed by atoms with Gasteiger partial charge in [0.05, 0.1) is 5.69 Å². The maximum atomic E-state index is 10.0. The minimum atomic E-state index is 0.208. The molecular formula is C17H15NO2. The van der Waals surface area contributed by atoms with Gasteiger partial charge >= 0.3 is 0 Å². The maximum absolute atomic E-state index is 10.0. The zero-order valence-electron chi connectivity index (χ0n) is 10.9. The Morgan fingerprint density at radius 3 is 2.45 bits per heavy atom. The summed E-state index contributed by atoms with van der Waals surface area (Å²) in [4.78, 5) is 0. The van der Waals surface area contributed by atoms with Crippen LogP contribution < -0.4 is 5.32 Å². The molecule has 0 spiro atoms. The molecule has 0 atom stereocenters. The SMILES string of the molecule is Oc1ccc2c(NCc3ccccc3)c(O)ccc2c1. The van der Waals surface area contributed by atoms with Crippen LogP contribution in [0.2, 0.25) is 0 Å². The summed E-state index contributed by atoms with van der Waals surface area (Å²) in [5.41, 5.74) is 1.83. The van der Waals surface area contributed by atoms with Crippen LogP contribution in [0.1, 0.15) is 5.56 Å². The average molecular weight is 265 g/mol. The van der Waals surface area contributed by atoms with Crippen molar-refractivity contribution in [2.75, 3.05) is 5.32 Å². The van der Waals surface area contributed by atoms with E-state index in [9.17, 15) is 10.2 Å². The number of rotatable bonds is 3. The monoisotopic (exact) mass is 265 g/mol. The molecule has 3 heteroatoms. The minimum Gasteiger partial charge on any atom is -0.508 e. The summed E-state index contributed by atoms with van der Waals surface area (Å²) in [6, 6.07) is 18.5.